The van der Waals surface area contributed by atoms with Gasteiger partial charge in [0.05, 0.1) is 13.3 Å². The lowest BCUT2D eigenvalue weighted by Crippen LogP contribution is -2.40. The van der Waals surface area contributed by atoms with E-state index in [1.54, 1.807) is 24.3 Å². The molecule has 4 nitrogen and oxygen atoms in total. The van der Waals surface area contributed by atoms with Crippen LogP contribution in [0.2, 0.25) is 0 Å². The number of nitrogens with zero attached hydrogens (tertiary/aromatic N) is 1. The second kappa shape index (κ2) is 4.59. The fraction of sp³-hybridized carbons (Fsp3) is 0.222. The van der Waals surface area contributed by atoms with Gasteiger partial charge in [-0.3, -0.25) is 4.79 Å². The van der Waals surface area contributed by atoms with Gasteiger partial charge in [-0.2, -0.15) is 0 Å². The van der Waals surface area contributed by atoms with Crippen molar-refractivity contribution in [3.63, 3.8) is 0 Å². The molecule has 1 amide bonds. The maximum absolute atomic E-state index is 11.6. The Kier molecular flexibility index (Phi) is 3.42. The minimum atomic E-state index is -0.134. The number of carbonyl (C=O) groups is 1. The lowest BCUT2D eigenvalue weighted by molar-refractivity contribution is 0.0764. The van der Waals surface area contributed by atoms with Crippen molar-refractivity contribution in [1.29, 1.82) is 0 Å². The van der Waals surface area contributed by atoms with Gasteiger partial charge in [-0.25, -0.2) is 0 Å². The Labute approximate surface area is 77.1 Å². The van der Waals surface area contributed by atoms with Gasteiger partial charge in [0, 0.05) is 5.56 Å². The molecule has 0 aliphatic rings. The molecule has 0 radical (unpaired) electrons. The zero-order chi connectivity index (χ0) is 9.68. The minimum absolute atomic E-state index is 0.134. The van der Waals surface area contributed by atoms with Crippen molar-refractivity contribution in [3.8, 4) is 0 Å². The van der Waals surface area contributed by atoms with Crippen LogP contribution in [0.25, 0.3) is 0 Å². The largest absolute Gasteiger partial charge is 0.314 e. The van der Waals surface area contributed by atoms with Gasteiger partial charge >= 0.3 is 0 Å². The standard InChI is InChI=1S/C9H13N3O/c10-6-12(7-11)9(13)8-4-2-1-3-5-8/h1-5H,6-7,10-11H2. The molecule has 0 atom stereocenters. The topological polar surface area (TPSA) is 72.3 Å². The third kappa shape index (κ3) is 2.27. The summed E-state index contributed by atoms with van der Waals surface area (Å²) in [5, 5.41) is 0. The molecule has 1 aromatic carbocycles. The number of hydrogen-bond donors (Lipinski definition) is 2. The monoisotopic (exact) mass is 179 g/mol. The number of rotatable bonds is 3. The number of carbonyl (C=O) groups excluding carboxylic acids is 1. The summed E-state index contributed by atoms with van der Waals surface area (Å²) in [5.74, 6) is -0.134. The molecular formula is C9H13N3O. The first-order valence-electron chi connectivity index (χ1n) is 4.04. The summed E-state index contributed by atoms with van der Waals surface area (Å²) in [6.07, 6.45) is 0. The van der Waals surface area contributed by atoms with Crippen molar-refractivity contribution < 1.29 is 4.79 Å². The van der Waals surface area contributed by atoms with Crippen molar-refractivity contribution in [3.05, 3.63) is 35.9 Å². The highest BCUT2D eigenvalue weighted by Gasteiger charge is 2.10. The first-order chi connectivity index (χ1) is 6.29. The predicted molar refractivity (Wildman–Crippen MR) is 50.7 cm³/mol. The van der Waals surface area contributed by atoms with Crippen molar-refractivity contribution in [2.75, 3.05) is 13.3 Å². The van der Waals surface area contributed by atoms with Crippen LogP contribution in [0.15, 0.2) is 30.3 Å². The Bertz CT molecular complexity index is 269. The summed E-state index contributed by atoms with van der Waals surface area (Å²) >= 11 is 0. The van der Waals surface area contributed by atoms with Crippen molar-refractivity contribution in [2.24, 2.45) is 11.5 Å². The average molecular weight is 179 g/mol. The molecule has 0 aromatic heterocycles. The van der Waals surface area contributed by atoms with E-state index >= 15 is 0 Å². The average Bonchev–Trinajstić information content (AvgIpc) is 2.21. The molecule has 1 aromatic rings. The molecule has 1 rings (SSSR count). The molecule has 0 saturated carbocycles. The maximum Gasteiger partial charge on any atom is 0.255 e. The van der Waals surface area contributed by atoms with E-state index in [1.807, 2.05) is 6.07 Å². The number of benzene rings is 1. The van der Waals surface area contributed by atoms with E-state index in [-0.39, 0.29) is 19.2 Å². The van der Waals surface area contributed by atoms with Gasteiger partial charge in [-0.1, -0.05) is 18.2 Å². The van der Waals surface area contributed by atoms with E-state index in [9.17, 15) is 4.79 Å². The maximum atomic E-state index is 11.6. The second-order valence-electron chi connectivity index (χ2n) is 2.58. The van der Waals surface area contributed by atoms with Gasteiger partial charge in [-0.05, 0) is 12.1 Å². The van der Waals surface area contributed by atoms with Crippen LogP contribution < -0.4 is 11.5 Å². The predicted octanol–water partition coefficient (Wildman–Crippen LogP) is -0.0388. The summed E-state index contributed by atoms with van der Waals surface area (Å²) in [6.45, 7) is 0.286. The molecule has 70 valence electrons. The third-order valence-corrected chi connectivity index (χ3v) is 1.75. The Morgan fingerprint density at radius 1 is 1.15 bits per heavy atom. The number of nitrogens with two attached hydrogens (primary N) is 2. The molecule has 4 N–H and O–H groups in total. The molecule has 0 heterocycles. The first kappa shape index (κ1) is 9.70. The van der Waals surface area contributed by atoms with E-state index in [1.165, 1.54) is 4.90 Å². The highest BCUT2D eigenvalue weighted by molar-refractivity contribution is 5.94. The SMILES string of the molecule is NCN(CN)C(=O)c1ccccc1. The molecule has 0 saturated heterocycles. The molecule has 0 unspecified atom stereocenters. The quantitative estimate of drug-likeness (QED) is 0.639. The zero-order valence-corrected chi connectivity index (χ0v) is 7.31. The Morgan fingerprint density at radius 3 is 2.15 bits per heavy atom. The Hall–Kier alpha value is -1.39. The van der Waals surface area contributed by atoms with Crippen LogP contribution in [0, 0.1) is 0 Å². The molecule has 4 heteroatoms. The lowest BCUT2D eigenvalue weighted by atomic mass is 10.2. The summed E-state index contributed by atoms with van der Waals surface area (Å²) in [5.41, 5.74) is 11.3. The molecule has 0 bridgehead atoms. The highest BCUT2D eigenvalue weighted by Crippen LogP contribution is 2.01. The van der Waals surface area contributed by atoms with Gasteiger partial charge in [0.1, 0.15) is 0 Å². The van der Waals surface area contributed by atoms with E-state index in [4.69, 9.17) is 11.5 Å². The molecule has 0 aliphatic carbocycles. The van der Waals surface area contributed by atoms with Crippen molar-refractivity contribution >= 4 is 5.91 Å². The number of hydrogen-bond acceptors (Lipinski definition) is 3. The molecule has 0 aliphatic heterocycles. The van der Waals surface area contributed by atoms with Crippen LogP contribution in [-0.2, 0) is 0 Å². The molecular weight excluding hydrogens is 166 g/mol. The van der Waals surface area contributed by atoms with Crippen LogP contribution in [0.3, 0.4) is 0 Å². The third-order valence-electron chi connectivity index (χ3n) is 1.75. The smallest absolute Gasteiger partial charge is 0.255 e. The van der Waals surface area contributed by atoms with Crippen molar-refractivity contribution in [2.45, 2.75) is 0 Å². The highest BCUT2D eigenvalue weighted by atomic mass is 16.2. The summed E-state index contributed by atoms with van der Waals surface area (Å²) in [6, 6.07) is 8.93. The van der Waals surface area contributed by atoms with Gasteiger partial charge in [-0.15, -0.1) is 0 Å². The van der Waals surface area contributed by atoms with Crippen LogP contribution in [0.5, 0.6) is 0 Å². The Morgan fingerprint density at radius 2 is 1.69 bits per heavy atom. The summed E-state index contributed by atoms with van der Waals surface area (Å²) in [4.78, 5) is 12.9. The van der Waals surface area contributed by atoms with Crippen LogP contribution in [-0.4, -0.2) is 24.1 Å². The molecule has 13 heavy (non-hydrogen) atoms. The molecule has 0 spiro atoms. The zero-order valence-electron chi connectivity index (χ0n) is 7.31. The summed E-state index contributed by atoms with van der Waals surface area (Å²) in [7, 11) is 0. The number of amides is 1. The summed E-state index contributed by atoms with van der Waals surface area (Å²) < 4.78 is 0. The van der Waals surface area contributed by atoms with E-state index in [0.29, 0.717) is 5.56 Å². The lowest BCUT2D eigenvalue weighted by Gasteiger charge is -2.17. The van der Waals surface area contributed by atoms with E-state index in [2.05, 4.69) is 0 Å². The van der Waals surface area contributed by atoms with Gasteiger partial charge in [0.25, 0.3) is 5.91 Å². The van der Waals surface area contributed by atoms with Crippen LogP contribution in [0.1, 0.15) is 10.4 Å². The Balaban J connectivity index is 2.78. The van der Waals surface area contributed by atoms with Crippen molar-refractivity contribution in [1.82, 2.24) is 4.90 Å². The fourth-order valence-electron chi connectivity index (χ4n) is 1.00. The van der Waals surface area contributed by atoms with Crippen LogP contribution in [0.4, 0.5) is 0 Å². The second-order valence-corrected chi connectivity index (χ2v) is 2.58. The van der Waals surface area contributed by atoms with E-state index < -0.39 is 0 Å². The van der Waals surface area contributed by atoms with Gasteiger partial charge < -0.3 is 16.4 Å². The normalized spacial score (nSPS) is 9.69. The first-order valence-corrected chi connectivity index (χ1v) is 4.04. The molecule has 0 fully saturated rings. The minimum Gasteiger partial charge on any atom is -0.314 e. The van der Waals surface area contributed by atoms with Gasteiger partial charge in [0.2, 0.25) is 0 Å². The van der Waals surface area contributed by atoms with Crippen LogP contribution >= 0.6 is 0 Å². The van der Waals surface area contributed by atoms with Gasteiger partial charge in [0.15, 0.2) is 0 Å². The van der Waals surface area contributed by atoms with E-state index in [0.717, 1.165) is 0 Å². The fourth-order valence-corrected chi connectivity index (χ4v) is 1.00.